The highest BCUT2D eigenvalue weighted by atomic mass is 19.1. The minimum Gasteiger partial charge on any atom is -0.478 e. The first-order valence-electron chi connectivity index (χ1n) is 4.99. The van der Waals surface area contributed by atoms with Crippen molar-refractivity contribution >= 4 is 11.9 Å². The van der Waals surface area contributed by atoms with E-state index in [2.05, 4.69) is 15.2 Å². The highest BCUT2D eigenvalue weighted by Gasteiger charge is 2.12. The molecule has 0 saturated carbocycles. The molecule has 1 aromatic carbocycles. The van der Waals surface area contributed by atoms with Crippen LogP contribution in [-0.4, -0.2) is 26.3 Å². The third kappa shape index (κ3) is 2.24. The number of hydrogen-bond donors (Lipinski definition) is 2. The number of carboxylic acids is 1. The number of rotatable bonds is 3. The third-order valence-electron chi connectivity index (χ3n) is 2.35. The molecule has 0 fully saturated rings. The summed E-state index contributed by atoms with van der Waals surface area (Å²) < 4.78 is 12.8. The molecule has 1 aromatic heterocycles. The molecule has 0 radical (unpaired) electrons. The number of benzene rings is 1. The molecule has 6 nitrogen and oxygen atoms in total. The van der Waals surface area contributed by atoms with Gasteiger partial charge in [0.2, 0.25) is 5.95 Å². The van der Waals surface area contributed by atoms with Crippen LogP contribution in [0.1, 0.15) is 15.9 Å². The Balaban J connectivity index is 2.47. The van der Waals surface area contributed by atoms with Crippen molar-refractivity contribution in [2.75, 3.05) is 5.73 Å². The molecule has 7 heteroatoms. The van der Waals surface area contributed by atoms with Crippen molar-refractivity contribution in [3.05, 3.63) is 35.5 Å². The smallest absolute Gasteiger partial charge is 0.336 e. The Hall–Kier alpha value is -2.57. The van der Waals surface area contributed by atoms with Crippen molar-refractivity contribution in [1.29, 1.82) is 0 Å². The van der Waals surface area contributed by atoms with Crippen LogP contribution in [0.5, 0.6) is 0 Å². The van der Waals surface area contributed by atoms with Gasteiger partial charge in [0.1, 0.15) is 12.4 Å². The average molecular weight is 248 g/mol. The second-order valence-corrected chi connectivity index (χ2v) is 3.51. The number of aromatic carboxylic acids is 1. The summed E-state index contributed by atoms with van der Waals surface area (Å²) in [7, 11) is 0. The molecule has 0 aliphatic carbocycles. The van der Waals surface area contributed by atoms with E-state index in [1.54, 1.807) is 0 Å². The number of carbonyl (C=O) groups is 1. The molecule has 0 spiro atoms. The highest BCUT2D eigenvalue weighted by molar-refractivity contribution is 5.90. The summed E-state index contributed by atoms with van der Waals surface area (Å²) in [6.07, 6.45) is 1.39. The van der Waals surface area contributed by atoms with Crippen molar-refractivity contribution in [2.45, 2.75) is 6.67 Å². The highest BCUT2D eigenvalue weighted by Crippen LogP contribution is 2.21. The van der Waals surface area contributed by atoms with E-state index in [-0.39, 0.29) is 17.1 Å². The van der Waals surface area contributed by atoms with Crippen LogP contribution in [0, 0.1) is 0 Å². The zero-order valence-electron chi connectivity index (χ0n) is 9.17. The Bertz CT molecular complexity index is 586. The predicted octanol–water partition coefficient (Wildman–Crippen LogP) is 1.29. The third-order valence-corrected chi connectivity index (χ3v) is 2.35. The van der Waals surface area contributed by atoms with Crippen LogP contribution in [0.25, 0.3) is 11.3 Å². The van der Waals surface area contributed by atoms with Gasteiger partial charge in [-0.2, -0.15) is 0 Å². The fraction of sp³-hybridized carbons (Fsp3) is 0.0909. The van der Waals surface area contributed by atoms with Gasteiger partial charge in [-0.25, -0.2) is 14.2 Å². The lowest BCUT2D eigenvalue weighted by molar-refractivity contribution is 0.0695. The number of nitrogens with zero attached hydrogens (tertiary/aromatic N) is 3. The topological polar surface area (TPSA) is 102 Å². The average Bonchev–Trinajstić information content (AvgIpc) is 2.38. The number of anilines is 1. The van der Waals surface area contributed by atoms with Crippen LogP contribution in [0.2, 0.25) is 0 Å². The van der Waals surface area contributed by atoms with Gasteiger partial charge in [0.15, 0.2) is 0 Å². The molecule has 92 valence electrons. The van der Waals surface area contributed by atoms with E-state index >= 15 is 0 Å². The second-order valence-electron chi connectivity index (χ2n) is 3.51. The molecule has 0 aliphatic rings. The van der Waals surface area contributed by atoms with Gasteiger partial charge >= 0.3 is 5.97 Å². The van der Waals surface area contributed by atoms with Crippen molar-refractivity contribution in [3.63, 3.8) is 0 Å². The van der Waals surface area contributed by atoms with Gasteiger partial charge < -0.3 is 10.8 Å². The van der Waals surface area contributed by atoms with E-state index in [0.29, 0.717) is 11.3 Å². The standard InChI is InChI=1S/C11H9FN4O2/c12-4-7-3-6(1-2-8(7)10(17)18)9-5-14-11(13)16-15-9/h1-3,5H,4H2,(H,17,18)(H2,13,14,16). The molecule has 2 aromatic rings. The maximum atomic E-state index is 12.8. The molecule has 0 saturated heterocycles. The summed E-state index contributed by atoms with van der Waals surface area (Å²) in [6, 6.07) is 4.25. The van der Waals surface area contributed by atoms with Gasteiger partial charge in [-0.3, -0.25) is 0 Å². The van der Waals surface area contributed by atoms with Crippen LogP contribution < -0.4 is 5.73 Å². The van der Waals surface area contributed by atoms with Gasteiger partial charge in [-0.05, 0) is 17.7 Å². The van der Waals surface area contributed by atoms with E-state index < -0.39 is 12.6 Å². The SMILES string of the molecule is Nc1ncc(-c2ccc(C(=O)O)c(CF)c2)nn1. The number of hydrogen-bond acceptors (Lipinski definition) is 5. The molecule has 0 bridgehead atoms. The molecule has 1 heterocycles. The molecule has 0 aliphatic heterocycles. The van der Waals surface area contributed by atoms with Gasteiger partial charge in [-0.1, -0.05) is 6.07 Å². The number of aromatic nitrogens is 3. The zero-order chi connectivity index (χ0) is 13.1. The van der Waals surface area contributed by atoms with E-state index in [9.17, 15) is 9.18 Å². The van der Waals surface area contributed by atoms with Crippen molar-refractivity contribution in [1.82, 2.24) is 15.2 Å². The Kier molecular flexibility index (Phi) is 3.13. The summed E-state index contributed by atoms with van der Waals surface area (Å²) in [5.41, 5.74) is 6.25. The van der Waals surface area contributed by atoms with Crippen molar-refractivity contribution < 1.29 is 14.3 Å². The van der Waals surface area contributed by atoms with E-state index in [1.807, 2.05) is 0 Å². The minimum atomic E-state index is -1.17. The summed E-state index contributed by atoms with van der Waals surface area (Å²) in [5, 5.41) is 16.2. The number of carboxylic acid groups (broad SMARTS) is 1. The van der Waals surface area contributed by atoms with Crippen molar-refractivity contribution in [3.8, 4) is 11.3 Å². The molecule has 0 atom stereocenters. The number of halogens is 1. The predicted molar refractivity (Wildman–Crippen MR) is 61.4 cm³/mol. The Labute approximate surface area is 101 Å². The first-order chi connectivity index (χ1) is 8.61. The molecule has 0 unspecified atom stereocenters. The maximum absolute atomic E-state index is 12.8. The summed E-state index contributed by atoms with van der Waals surface area (Å²) in [5.74, 6) is -1.14. The zero-order valence-corrected chi connectivity index (χ0v) is 9.17. The maximum Gasteiger partial charge on any atom is 0.336 e. The van der Waals surface area contributed by atoms with Crippen LogP contribution >= 0.6 is 0 Å². The van der Waals surface area contributed by atoms with Gasteiger partial charge in [0.25, 0.3) is 0 Å². The quantitative estimate of drug-likeness (QED) is 0.848. The lowest BCUT2D eigenvalue weighted by atomic mass is 10.0. The Morgan fingerprint density at radius 2 is 2.17 bits per heavy atom. The largest absolute Gasteiger partial charge is 0.478 e. The Morgan fingerprint density at radius 3 is 2.72 bits per heavy atom. The lowest BCUT2D eigenvalue weighted by Gasteiger charge is -2.05. The van der Waals surface area contributed by atoms with Crippen LogP contribution in [0.3, 0.4) is 0 Å². The normalized spacial score (nSPS) is 10.3. The molecule has 18 heavy (non-hydrogen) atoms. The van der Waals surface area contributed by atoms with Gasteiger partial charge in [0, 0.05) is 5.56 Å². The molecule has 3 N–H and O–H groups in total. The Morgan fingerprint density at radius 1 is 1.39 bits per heavy atom. The second kappa shape index (κ2) is 4.74. The van der Waals surface area contributed by atoms with Crippen LogP contribution in [0.15, 0.2) is 24.4 Å². The molecule has 2 rings (SSSR count). The number of alkyl halides is 1. The fourth-order valence-electron chi connectivity index (χ4n) is 1.49. The van der Waals surface area contributed by atoms with Crippen LogP contribution in [-0.2, 0) is 6.67 Å². The molecule has 0 amide bonds. The fourth-order valence-corrected chi connectivity index (χ4v) is 1.49. The molecular formula is C11H9FN4O2. The lowest BCUT2D eigenvalue weighted by Crippen LogP contribution is -2.02. The number of nitrogens with two attached hydrogens (primary N) is 1. The number of nitrogen functional groups attached to an aromatic ring is 1. The summed E-state index contributed by atoms with van der Waals surface area (Å²) >= 11 is 0. The first-order valence-corrected chi connectivity index (χ1v) is 4.99. The summed E-state index contributed by atoms with van der Waals surface area (Å²) in [6.45, 7) is -0.870. The first kappa shape index (κ1) is 11.9. The van der Waals surface area contributed by atoms with E-state index in [1.165, 1.54) is 24.4 Å². The van der Waals surface area contributed by atoms with E-state index in [4.69, 9.17) is 10.8 Å². The minimum absolute atomic E-state index is 0.0339. The monoisotopic (exact) mass is 248 g/mol. The van der Waals surface area contributed by atoms with Crippen LogP contribution in [0.4, 0.5) is 10.3 Å². The van der Waals surface area contributed by atoms with Gasteiger partial charge in [-0.15, -0.1) is 10.2 Å². The molecular weight excluding hydrogens is 239 g/mol. The summed E-state index contributed by atoms with van der Waals surface area (Å²) in [4.78, 5) is 14.6. The van der Waals surface area contributed by atoms with E-state index in [0.717, 1.165) is 0 Å². The van der Waals surface area contributed by atoms with Crippen molar-refractivity contribution in [2.24, 2.45) is 0 Å². The van der Waals surface area contributed by atoms with Gasteiger partial charge in [0.05, 0.1) is 11.8 Å².